The van der Waals surface area contributed by atoms with Crippen LogP contribution < -0.4 is 10.3 Å². The summed E-state index contributed by atoms with van der Waals surface area (Å²) in [6, 6.07) is 9.38. The van der Waals surface area contributed by atoms with Crippen molar-refractivity contribution in [2.24, 2.45) is 7.05 Å². The Bertz CT molecular complexity index is 768. The van der Waals surface area contributed by atoms with Crippen LogP contribution in [0.4, 0.5) is 0 Å². The van der Waals surface area contributed by atoms with Crippen LogP contribution in [0.25, 0.3) is 16.6 Å². The van der Waals surface area contributed by atoms with Crippen LogP contribution in [0, 0.1) is 0 Å². The topological polar surface area (TPSA) is 35.6 Å². The summed E-state index contributed by atoms with van der Waals surface area (Å²) in [5.74, 6) is 0.783. The summed E-state index contributed by atoms with van der Waals surface area (Å²) in [6.07, 6.45) is 1.89. The van der Waals surface area contributed by atoms with E-state index in [0.717, 1.165) is 16.8 Å². The predicted octanol–water partition coefficient (Wildman–Crippen LogP) is 1.80. The zero-order valence-corrected chi connectivity index (χ0v) is 9.68. The lowest BCUT2D eigenvalue weighted by Gasteiger charge is -2.09. The highest BCUT2D eigenvalue weighted by atomic mass is 16.5. The normalized spacial score (nSPS) is 11.2. The number of nitrogens with zero attached hydrogens (tertiary/aromatic N) is 2. The van der Waals surface area contributed by atoms with Crippen molar-refractivity contribution < 1.29 is 4.74 Å². The Morgan fingerprint density at radius 3 is 2.71 bits per heavy atom. The lowest BCUT2D eigenvalue weighted by molar-refractivity contribution is 0.415. The van der Waals surface area contributed by atoms with Crippen molar-refractivity contribution in [1.29, 1.82) is 0 Å². The summed E-state index contributed by atoms with van der Waals surface area (Å²) in [7, 11) is 3.42. The maximum Gasteiger partial charge on any atom is 0.275 e. The van der Waals surface area contributed by atoms with Crippen molar-refractivity contribution in [1.82, 2.24) is 8.97 Å². The second-order valence-corrected chi connectivity index (χ2v) is 3.98. The van der Waals surface area contributed by atoms with E-state index in [1.807, 2.05) is 40.9 Å². The molecule has 3 rings (SSSR count). The van der Waals surface area contributed by atoms with E-state index < -0.39 is 0 Å². The molecule has 0 amide bonds. The SMILES string of the molecule is COc1ccc2c(c1)n1cccc1c(=O)n2C. The third-order valence-electron chi connectivity index (χ3n) is 3.08. The van der Waals surface area contributed by atoms with Crippen molar-refractivity contribution in [2.45, 2.75) is 0 Å². The summed E-state index contributed by atoms with van der Waals surface area (Å²) in [5.41, 5.74) is 2.53. The van der Waals surface area contributed by atoms with Crippen molar-refractivity contribution in [3.63, 3.8) is 0 Å². The molecule has 0 aliphatic heterocycles. The van der Waals surface area contributed by atoms with Crippen LogP contribution in [0.5, 0.6) is 5.75 Å². The molecule has 0 atom stereocenters. The number of aromatic nitrogens is 2. The van der Waals surface area contributed by atoms with Gasteiger partial charge in [-0.25, -0.2) is 0 Å². The highest BCUT2D eigenvalue weighted by Gasteiger charge is 2.08. The maximum atomic E-state index is 12.1. The molecule has 0 bridgehead atoms. The van der Waals surface area contributed by atoms with Gasteiger partial charge in [0.1, 0.15) is 11.3 Å². The van der Waals surface area contributed by atoms with E-state index in [0.29, 0.717) is 5.52 Å². The molecule has 2 aromatic heterocycles. The van der Waals surface area contributed by atoms with Gasteiger partial charge in [-0.2, -0.15) is 0 Å². The average Bonchev–Trinajstić information content (AvgIpc) is 2.84. The molecule has 2 heterocycles. The van der Waals surface area contributed by atoms with Crippen LogP contribution in [0.2, 0.25) is 0 Å². The molecule has 0 aliphatic rings. The van der Waals surface area contributed by atoms with Crippen LogP contribution in [0.15, 0.2) is 41.3 Å². The van der Waals surface area contributed by atoms with Gasteiger partial charge in [0, 0.05) is 19.3 Å². The first kappa shape index (κ1) is 9.96. The van der Waals surface area contributed by atoms with E-state index in [1.54, 1.807) is 18.7 Å². The first-order valence-electron chi connectivity index (χ1n) is 5.36. The van der Waals surface area contributed by atoms with Gasteiger partial charge in [0.2, 0.25) is 0 Å². The fraction of sp³-hybridized carbons (Fsp3) is 0.154. The van der Waals surface area contributed by atoms with Crippen LogP contribution in [0.3, 0.4) is 0 Å². The van der Waals surface area contributed by atoms with Gasteiger partial charge in [-0.3, -0.25) is 4.79 Å². The summed E-state index contributed by atoms with van der Waals surface area (Å²) >= 11 is 0. The van der Waals surface area contributed by atoms with Crippen molar-refractivity contribution in [2.75, 3.05) is 7.11 Å². The Hall–Kier alpha value is -2.23. The first-order valence-corrected chi connectivity index (χ1v) is 5.36. The van der Waals surface area contributed by atoms with Crippen LogP contribution >= 0.6 is 0 Å². The number of fused-ring (bicyclic) bond motifs is 3. The minimum Gasteiger partial charge on any atom is -0.497 e. The number of ether oxygens (including phenoxy) is 1. The Morgan fingerprint density at radius 1 is 1.12 bits per heavy atom. The maximum absolute atomic E-state index is 12.1. The van der Waals surface area contributed by atoms with Crippen LogP contribution in [-0.2, 0) is 7.05 Å². The second kappa shape index (κ2) is 3.38. The number of aryl methyl sites for hydroxylation is 1. The van der Waals surface area contributed by atoms with Crippen LogP contribution in [-0.4, -0.2) is 16.1 Å². The van der Waals surface area contributed by atoms with E-state index in [4.69, 9.17) is 4.74 Å². The van der Waals surface area contributed by atoms with Gasteiger partial charge in [-0.05, 0) is 24.3 Å². The number of hydrogen-bond acceptors (Lipinski definition) is 2. The van der Waals surface area contributed by atoms with Crippen molar-refractivity contribution in [3.05, 3.63) is 46.9 Å². The number of hydrogen-bond donors (Lipinski definition) is 0. The third kappa shape index (κ3) is 1.27. The minimum atomic E-state index is 0.00710. The molecule has 0 fully saturated rings. The largest absolute Gasteiger partial charge is 0.497 e. The lowest BCUT2D eigenvalue weighted by atomic mass is 10.2. The van der Waals surface area contributed by atoms with Gasteiger partial charge in [-0.1, -0.05) is 0 Å². The molecule has 0 spiro atoms. The number of methoxy groups -OCH3 is 1. The molecule has 1 aromatic carbocycles. The molecule has 17 heavy (non-hydrogen) atoms. The Balaban J connectivity index is 2.61. The number of benzene rings is 1. The highest BCUT2D eigenvalue weighted by molar-refractivity contribution is 5.80. The molecule has 0 saturated carbocycles. The predicted molar refractivity (Wildman–Crippen MR) is 66.7 cm³/mol. The molecule has 86 valence electrons. The summed E-state index contributed by atoms with van der Waals surface area (Å²) in [5, 5.41) is 0. The third-order valence-corrected chi connectivity index (χ3v) is 3.08. The summed E-state index contributed by atoms with van der Waals surface area (Å²) in [6.45, 7) is 0. The fourth-order valence-electron chi connectivity index (χ4n) is 2.15. The molecule has 0 unspecified atom stereocenters. The molecular formula is C13H12N2O2. The van der Waals surface area contributed by atoms with Crippen LogP contribution in [0.1, 0.15) is 0 Å². The van der Waals surface area contributed by atoms with E-state index in [1.165, 1.54) is 0 Å². The van der Waals surface area contributed by atoms with Gasteiger partial charge in [0.15, 0.2) is 0 Å². The Morgan fingerprint density at radius 2 is 1.94 bits per heavy atom. The standard InChI is InChI=1S/C13H12N2O2/c1-14-10-6-5-9(17-2)8-12(10)15-7-3-4-11(15)13(14)16/h3-8H,1-2H3. The van der Waals surface area contributed by atoms with Gasteiger partial charge < -0.3 is 13.7 Å². The first-order chi connectivity index (χ1) is 8.22. The molecular weight excluding hydrogens is 216 g/mol. The lowest BCUT2D eigenvalue weighted by Crippen LogP contribution is -2.19. The van der Waals surface area contributed by atoms with Gasteiger partial charge in [0.25, 0.3) is 5.56 Å². The number of rotatable bonds is 1. The zero-order valence-electron chi connectivity index (χ0n) is 9.68. The van der Waals surface area contributed by atoms with Gasteiger partial charge >= 0.3 is 0 Å². The molecule has 0 saturated heterocycles. The summed E-state index contributed by atoms with van der Waals surface area (Å²) in [4.78, 5) is 12.1. The Labute approximate surface area is 97.7 Å². The smallest absolute Gasteiger partial charge is 0.275 e. The minimum absolute atomic E-state index is 0.00710. The second-order valence-electron chi connectivity index (χ2n) is 3.98. The van der Waals surface area contributed by atoms with Gasteiger partial charge in [0.05, 0.1) is 18.1 Å². The highest BCUT2D eigenvalue weighted by Crippen LogP contribution is 2.20. The molecule has 0 radical (unpaired) electrons. The van der Waals surface area contributed by atoms with Crippen molar-refractivity contribution in [3.8, 4) is 5.75 Å². The van der Waals surface area contributed by atoms with E-state index >= 15 is 0 Å². The van der Waals surface area contributed by atoms with Gasteiger partial charge in [-0.15, -0.1) is 0 Å². The molecule has 3 aromatic rings. The van der Waals surface area contributed by atoms with E-state index in [-0.39, 0.29) is 5.56 Å². The van der Waals surface area contributed by atoms with E-state index in [2.05, 4.69) is 0 Å². The quantitative estimate of drug-likeness (QED) is 0.636. The molecule has 0 aliphatic carbocycles. The summed E-state index contributed by atoms with van der Waals surface area (Å²) < 4.78 is 8.76. The Kier molecular flexibility index (Phi) is 1.98. The zero-order chi connectivity index (χ0) is 12.0. The molecule has 0 N–H and O–H groups in total. The average molecular weight is 228 g/mol. The molecule has 4 heteroatoms. The molecule has 4 nitrogen and oxygen atoms in total. The van der Waals surface area contributed by atoms with Crippen molar-refractivity contribution >= 4 is 16.6 Å². The fourth-order valence-corrected chi connectivity index (χ4v) is 2.15. The monoisotopic (exact) mass is 228 g/mol. The van der Waals surface area contributed by atoms with E-state index in [9.17, 15) is 4.79 Å².